The summed E-state index contributed by atoms with van der Waals surface area (Å²) in [6.07, 6.45) is 2.59. The molecule has 0 spiro atoms. The summed E-state index contributed by atoms with van der Waals surface area (Å²) >= 11 is 0. The first-order valence-corrected chi connectivity index (χ1v) is 4.28. The smallest absolute Gasteiger partial charge is 0.404 e. The minimum absolute atomic E-state index is 0. The lowest BCUT2D eigenvalue weighted by atomic mass is 9.82. The average molecular weight is 209 g/mol. The van der Waals surface area contributed by atoms with Gasteiger partial charge in [0, 0.05) is 11.6 Å². The van der Waals surface area contributed by atoms with Crippen LogP contribution in [0.1, 0.15) is 32.6 Å². The predicted octanol–water partition coefficient (Wildman–Crippen LogP) is 1.34. The molecule has 1 fully saturated rings. The summed E-state index contributed by atoms with van der Waals surface area (Å²) in [5.74, 6) is 0. The Balaban J connectivity index is 0.00000144. The number of amides is 1. The van der Waals surface area contributed by atoms with E-state index < -0.39 is 6.09 Å². The van der Waals surface area contributed by atoms with Crippen LogP contribution in [0.5, 0.6) is 0 Å². The molecule has 4 N–H and O–H groups in total. The van der Waals surface area contributed by atoms with Gasteiger partial charge in [0.1, 0.15) is 0 Å². The van der Waals surface area contributed by atoms with Crippen molar-refractivity contribution in [2.75, 3.05) is 0 Å². The lowest BCUT2D eigenvalue weighted by Crippen LogP contribution is -2.46. The van der Waals surface area contributed by atoms with Gasteiger partial charge in [0.05, 0.1) is 0 Å². The molecule has 0 aliphatic heterocycles. The lowest BCUT2D eigenvalue weighted by Gasteiger charge is -2.33. The molecular formula is C8H17ClN2O2. The zero-order chi connectivity index (χ0) is 9.19. The maximum Gasteiger partial charge on any atom is 0.404 e. The molecule has 1 saturated carbocycles. The molecule has 0 bridgehead atoms. The molecule has 1 rings (SSSR count). The van der Waals surface area contributed by atoms with E-state index in [1.165, 1.54) is 0 Å². The van der Waals surface area contributed by atoms with Gasteiger partial charge >= 0.3 is 6.09 Å². The van der Waals surface area contributed by atoms with E-state index in [1.807, 2.05) is 6.92 Å². The monoisotopic (exact) mass is 208 g/mol. The Hall–Kier alpha value is -0.480. The van der Waals surface area contributed by atoms with Gasteiger partial charge in [0.25, 0.3) is 0 Å². The van der Waals surface area contributed by atoms with Crippen LogP contribution in [0.4, 0.5) is 4.79 Å². The SMILES string of the molecule is CC1(N)CCC(NC(=O)O)CC1.Cl. The Kier molecular flexibility index (Phi) is 4.50. The first kappa shape index (κ1) is 12.5. The molecule has 0 atom stereocenters. The van der Waals surface area contributed by atoms with E-state index in [-0.39, 0.29) is 24.0 Å². The van der Waals surface area contributed by atoms with Crippen LogP contribution in [0.15, 0.2) is 0 Å². The van der Waals surface area contributed by atoms with E-state index in [2.05, 4.69) is 5.32 Å². The summed E-state index contributed by atoms with van der Waals surface area (Å²) < 4.78 is 0. The Bertz CT molecular complexity index is 175. The molecule has 0 radical (unpaired) electrons. The molecule has 78 valence electrons. The van der Waals surface area contributed by atoms with Crippen molar-refractivity contribution in [2.24, 2.45) is 5.73 Å². The first-order valence-electron chi connectivity index (χ1n) is 4.28. The van der Waals surface area contributed by atoms with E-state index in [9.17, 15) is 4.79 Å². The molecule has 1 aliphatic carbocycles. The summed E-state index contributed by atoms with van der Waals surface area (Å²) in [6.45, 7) is 2.02. The molecular weight excluding hydrogens is 192 g/mol. The molecule has 0 aromatic heterocycles. The van der Waals surface area contributed by atoms with Crippen molar-refractivity contribution in [1.29, 1.82) is 0 Å². The second kappa shape index (κ2) is 4.67. The normalized spacial score (nSPS) is 33.2. The van der Waals surface area contributed by atoms with Crippen LogP contribution in [0.25, 0.3) is 0 Å². The largest absolute Gasteiger partial charge is 0.465 e. The van der Waals surface area contributed by atoms with Crippen molar-refractivity contribution in [3.05, 3.63) is 0 Å². The highest BCUT2D eigenvalue weighted by atomic mass is 35.5. The second-order valence-electron chi connectivity index (χ2n) is 3.88. The minimum Gasteiger partial charge on any atom is -0.465 e. The van der Waals surface area contributed by atoms with Gasteiger partial charge in [-0.05, 0) is 32.6 Å². The minimum atomic E-state index is -0.930. The van der Waals surface area contributed by atoms with Gasteiger partial charge in [-0.25, -0.2) is 4.79 Å². The van der Waals surface area contributed by atoms with Crippen molar-refractivity contribution in [3.63, 3.8) is 0 Å². The van der Waals surface area contributed by atoms with Gasteiger partial charge < -0.3 is 16.2 Å². The van der Waals surface area contributed by atoms with E-state index in [4.69, 9.17) is 10.8 Å². The summed E-state index contributed by atoms with van der Waals surface area (Å²) in [4.78, 5) is 10.3. The first-order chi connectivity index (χ1) is 5.49. The van der Waals surface area contributed by atoms with Crippen molar-refractivity contribution < 1.29 is 9.90 Å². The molecule has 1 aliphatic rings. The topological polar surface area (TPSA) is 75.3 Å². The zero-order valence-corrected chi connectivity index (χ0v) is 8.56. The summed E-state index contributed by atoms with van der Waals surface area (Å²) in [5.41, 5.74) is 5.81. The van der Waals surface area contributed by atoms with Crippen LogP contribution >= 0.6 is 12.4 Å². The molecule has 13 heavy (non-hydrogen) atoms. The van der Waals surface area contributed by atoms with E-state index in [1.54, 1.807) is 0 Å². The van der Waals surface area contributed by atoms with Crippen molar-refractivity contribution >= 4 is 18.5 Å². The highest BCUT2D eigenvalue weighted by Gasteiger charge is 2.27. The van der Waals surface area contributed by atoms with Gasteiger partial charge in [-0.15, -0.1) is 12.4 Å². The maximum absolute atomic E-state index is 10.3. The fourth-order valence-corrected chi connectivity index (χ4v) is 1.60. The number of halogens is 1. The van der Waals surface area contributed by atoms with Gasteiger partial charge in [-0.1, -0.05) is 0 Å². The number of rotatable bonds is 1. The highest BCUT2D eigenvalue weighted by Crippen LogP contribution is 2.25. The van der Waals surface area contributed by atoms with Crippen molar-refractivity contribution in [1.82, 2.24) is 5.32 Å². The number of hydrogen-bond donors (Lipinski definition) is 3. The van der Waals surface area contributed by atoms with Crippen LogP contribution in [0.3, 0.4) is 0 Å². The predicted molar refractivity (Wildman–Crippen MR) is 53.3 cm³/mol. The van der Waals surface area contributed by atoms with Crippen LogP contribution in [0, 0.1) is 0 Å². The van der Waals surface area contributed by atoms with Crippen molar-refractivity contribution in [2.45, 2.75) is 44.2 Å². The molecule has 0 unspecified atom stereocenters. The summed E-state index contributed by atoms with van der Waals surface area (Å²) in [6, 6.07) is 0.110. The number of nitrogens with one attached hydrogen (secondary N) is 1. The van der Waals surface area contributed by atoms with Gasteiger partial charge in [-0.3, -0.25) is 0 Å². The van der Waals surface area contributed by atoms with E-state index >= 15 is 0 Å². The highest BCUT2D eigenvalue weighted by molar-refractivity contribution is 5.85. The third-order valence-corrected chi connectivity index (χ3v) is 2.46. The Morgan fingerprint density at radius 2 is 2.00 bits per heavy atom. The average Bonchev–Trinajstić information content (AvgIpc) is 1.93. The molecule has 5 heteroatoms. The summed E-state index contributed by atoms with van der Waals surface area (Å²) in [7, 11) is 0. The fourth-order valence-electron chi connectivity index (χ4n) is 1.60. The Labute approximate surface area is 84.3 Å². The van der Waals surface area contributed by atoms with Crippen LogP contribution in [0.2, 0.25) is 0 Å². The molecule has 1 amide bonds. The zero-order valence-electron chi connectivity index (χ0n) is 7.75. The fraction of sp³-hybridized carbons (Fsp3) is 0.875. The third kappa shape index (κ3) is 4.33. The van der Waals surface area contributed by atoms with Crippen molar-refractivity contribution in [3.8, 4) is 0 Å². The molecule has 0 aromatic rings. The number of hydrogen-bond acceptors (Lipinski definition) is 2. The van der Waals surface area contributed by atoms with Crippen LogP contribution in [-0.2, 0) is 0 Å². The lowest BCUT2D eigenvalue weighted by molar-refractivity contribution is 0.180. The molecule has 0 heterocycles. The standard InChI is InChI=1S/C8H16N2O2.ClH/c1-8(9)4-2-6(3-5-8)10-7(11)12;/h6,10H,2-5,9H2,1H3,(H,11,12);1H. The van der Waals surface area contributed by atoms with Crippen LogP contribution in [-0.4, -0.2) is 22.8 Å². The Morgan fingerprint density at radius 3 is 2.38 bits per heavy atom. The maximum atomic E-state index is 10.3. The second-order valence-corrected chi connectivity index (χ2v) is 3.88. The van der Waals surface area contributed by atoms with Gasteiger partial charge in [0.2, 0.25) is 0 Å². The molecule has 0 saturated heterocycles. The van der Waals surface area contributed by atoms with E-state index in [0.29, 0.717) is 0 Å². The third-order valence-electron chi connectivity index (χ3n) is 2.46. The number of carboxylic acid groups (broad SMARTS) is 1. The molecule has 0 aromatic carbocycles. The molecule has 4 nitrogen and oxygen atoms in total. The van der Waals surface area contributed by atoms with E-state index in [0.717, 1.165) is 25.7 Å². The Morgan fingerprint density at radius 1 is 1.54 bits per heavy atom. The van der Waals surface area contributed by atoms with Crippen LogP contribution < -0.4 is 11.1 Å². The van der Waals surface area contributed by atoms with Gasteiger partial charge in [-0.2, -0.15) is 0 Å². The number of carbonyl (C=O) groups is 1. The summed E-state index contributed by atoms with van der Waals surface area (Å²) in [5, 5.41) is 10.9. The quantitative estimate of drug-likeness (QED) is 0.609. The number of nitrogens with two attached hydrogens (primary N) is 1. The van der Waals surface area contributed by atoms with Gasteiger partial charge in [0.15, 0.2) is 0 Å².